The van der Waals surface area contributed by atoms with E-state index in [0.29, 0.717) is 5.82 Å². The van der Waals surface area contributed by atoms with Crippen LogP contribution in [-0.2, 0) is 5.41 Å². The van der Waals surface area contributed by atoms with Crippen molar-refractivity contribution < 1.29 is 9.85 Å². The van der Waals surface area contributed by atoms with Gasteiger partial charge in [-0.05, 0) is 17.8 Å². The highest BCUT2D eigenvalue weighted by Crippen LogP contribution is 2.36. The molecule has 0 bridgehead atoms. The van der Waals surface area contributed by atoms with Crippen LogP contribution in [0.1, 0.15) is 26.6 Å². The summed E-state index contributed by atoms with van der Waals surface area (Å²) in [5.41, 5.74) is -1.09. The van der Waals surface area contributed by atoms with Crippen LogP contribution in [-0.4, -0.2) is 24.7 Å². The lowest BCUT2D eigenvalue weighted by molar-refractivity contribution is -0.396. The summed E-state index contributed by atoms with van der Waals surface area (Å²) in [6, 6.07) is 3.40. The third kappa shape index (κ3) is 3.39. The number of nitrogen functional groups attached to an aromatic ring is 1. The largest absolute Gasteiger partial charge is 0.336 e. The molecule has 0 unspecified atom stereocenters. The van der Waals surface area contributed by atoms with Crippen molar-refractivity contribution in [2.24, 2.45) is 0 Å². The fourth-order valence-corrected chi connectivity index (χ4v) is 2.64. The molecule has 23 heavy (non-hydrogen) atoms. The van der Waals surface area contributed by atoms with E-state index < -0.39 is 9.85 Å². The monoisotopic (exact) mass is 338 g/mol. The van der Waals surface area contributed by atoms with Gasteiger partial charge in [-0.2, -0.15) is 0 Å². The van der Waals surface area contributed by atoms with Gasteiger partial charge in [0.2, 0.25) is 5.16 Å². The zero-order chi connectivity index (χ0) is 17.4. The molecule has 0 aliphatic carbocycles. The third-order valence-corrected chi connectivity index (χ3v) is 3.91. The first-order valence-corrected chi connectivity index (χ1v) is 7.24. The number of rotatable bonds is 4. The summed E-state index contributed by atoms with van der Waals surface area (Å²) in [4.78, 5) is 20.7. The van der Waals surface area contributed by atoms with Gasteiger partial charge in [-0.25, -0.2) is 4.68 Å². The Morgan fingerprint density at radius 3 is 2.30 bits per heavy atom. The minimum absolute atomic E-state index is 0.195. The molecular formula is C12H14N6O4S. The highest BCUT2D eigenvalue weighted by molar-refractivity contribution is 7.99. The van der Waals surface area contributed by atoms with E-state index in [2.05, 4.69) is 10.2 Å². The normalized spacial score (nSPS) is 11.4. The molecule has 0 amide bonds. The standard InChI is InChI=1S/C12H14N6O4S/c1-12(2,3)10-14-15-11(16(10)13)23-9-5-4-7(17(19)20)6-8(9)18(21)22/h4-6H,13H2,1-3H3. The van der Waals surface area contributed by atoms with Crippen LogP contribution >= 0.6 is 11.8 Å². The van der Waals surface area contributed by atoms with Crippen molar-refractivity contribution in [2.45, 2.75) is 36.2 Å². The van der Waals surface area contributed by atoms with E-state index >= 15 is 0 Å². The summed E-state index contributed by atoms with van der Waals surface area (Å²) >= 11 is 0.927. The lowest BCUT2D eigenvalue weighted by atomic mass is 9.96. The van der Waals surface area contributed by atoms with Crippen molar-refractivity contribution in [1.82, 2.24) is 14.9 Å². The molecule has 10 nitrogen and oxygen atoms in total. The molecule has 1 heterocycles. The Hall–Kier alpha value is -2.69. The van der Waals surface area contributed by atoms with Gasteiger partial charge in [0.25, 0.3) is 11.4 Å². The fourth-order valence-electron chi connectivity index (χ4n) is 1.80. The molecule has 0 fully saturated rings. The quantitative estimate of drug-likeness (QED) is 0.508. The van der Waals surface area contributed by atoms with Crippen LogP contribution in [0.15, 0.2) is 28.3 Å². The molecular weight excluding hydrogens is 324 g/mol. The maximum atomic E-state index is 11.1. The minimum Gasteiger partial charge on any atom is -0.336 e. The van der Waals surface area contributed by atoms with Crippen molar-refractivity contribution in [2.75, 3.05) is 5.84 Å². The smallest absolute Gasteiger partial charge is 0.290 e. The number of aromatic nitrogens is 3. The van der Waals surface area contributed by atoms with E-state index in [0.717, 1.165) is 17.8 Å². The molecule has 2 rings (SSSR count). The average Bonchev–Trinajstić information content (AvgIpc) is 2.80. The van der Waals surface area contributed by atoms with E-state index in [1.54, 1.807) is 0 Å². The number of nitro benzene ring substituents is 2. The van der Waals surface area contributed by atoms with Gasteiger partial charge < -0.3 is 5.84 Å². The molecule has 0 aliphatic rings. The van der Waals surface area contributed by atoms with Gasteiger partial charge in [-0.1, -0.05) is 20.8 Å². The van der Waals surface area contributed by atoms with Gasteiger partial charge in [0, 0.05) is 11.5 Å². The average molecular weight is 338 g/mol. The van der Waals surface area contributed by atoms with Crippen molar-refractivity contribution >= 4 is 23.1 Å². The second-order valence-corrected chi connectivity index (χ2v) is 6.70. The molecule has 0 aliphatic heterocycles. The SMILES string of the molecule is CC(C)(C)c1nnc(Sc2ccc([N+](=O)[O-])cc2[N+](=O)[O-])n1N. The summed E-state index contributed by atoms with van der Waals surface area (Å²) in [6.07, 6.45) is 0. The van der Waals surface area contributed by atoms with E-state index in [1.807, 2.05) is 20.8 Å². The first-order chi connectivity index (χ1) is 10.6. The van der Waals surface area contributed by atoms with Gasteiger partial charge in [0.1, 0.15) is 0 Å². The molecule has 0 radical (unpaired) electrons. The Kier molecular flexibility index (Phi) is 4.23. The Bertz CT molecular complexity index is 782. The maximum absolute atomic E-state index is 11.1. The first-order valence-electron chi connectivity index (χ1n) is 6.43. The number of benzene rings is 1. The van der Waals surface area contributed by atoms with Crippen LogP contribution in [0.3, 0.4) is 0 Å². The van der Waals surface area contributed by atoms with Crippen LogP contribution in [0.25, 0.3) is 0 Å². The Morgan fingerprint density at radius 2 is 1.83 bits per heavy atom. The summed E-state index contributed by atoms with van der Waals surface area (Å²) in [7, 11) is 0. The number of nitrogens with zero attached hydrogens (tertiary/aromatic N) is 5. The lowest BCUT2D eigenvalue weighted by Gasteiger charge is -2.16. The van der Waals surface area contributed by atoms with Crippen LogP contribution in [0, 0.1) is 20.2 Å². The summed E-state index contributed by atoms with van der Waals surface area (Å²) < 4.78 is 1.26. The van der Waals surface area contributed by atoms with E-state index in [1.165, 1.54) is 16.8 Å². The van der Waals surface area contributed by atoms with Crippen molar-refractivity contribution in [3.63, 3.8) is 0 Å². The molecule has 1 aromatic heterocycles. The minimum atomic E-state index is -0.690. The van der Waals surface area contributed by atoms with E-state index in [4.69, 9.17) is 5.84 Å². The fraction of sp³-hybridized carbons (Fsp3) is 0.333. The van der Waals surface area contributed by atoms with E-state index in [9.17, 15) is 20.2 Å². The molecule has 2 aromatic rings. The number of hydrogen-bond acceptors (Lipinski definition) is 8. The lowest BCUT2D eigenvalue weighted by Crippen LogP contribution is -2.24. The zero-order valence-corrected chi connectivity index (χ0v) is 13.4. The molecule has 2 N–H and O–H groups in total. The predicted octanol–water partition coefficient (Wildman–Crippen LogP) is 2.26. The van der Waals surface area contributed by atoms with Gasteiger partial charge in [0.15, 0.2) is 5.82 Å². The van der Waals surface area contributed by atoms with Gasteiger partial charge >= 0.3 is 0 Å². The second-order valence-electron chi connectivity index (χ2n) is 5.69. The van der Waals surface area contributed by atoms with Gasteiger partial charge in [0.05, 0.1) is 20.8 Å². The Labute approximate surface area is 135 Å². The molecule has 11 heteroatoms. The Morgan fingerprint density at radius 1 is 1.17 bits per heavy atom. The van der Waals surface area contributed by atoms with Crippen LogP contribution in [0.4, 0.5) is 11.4 Å². The molecule has 0 saturated carbocycles. The molecule has 0 atom stereocenters. The van der Waals surface area contributed by atoms with Crippen molar-refractivity contribution in [3.8, 4) is 0 Å². The molecule has 0 saturated heterocycles. The second kappa shape index (κ2) is 5.83. The first kappa shape index (κ1) is 16.7. The predicted molar refractivity (Wildman–Crippen MR) is 82.7 cm³/mol. The van der Waals surface area contributed by atoms with Crippen LogP contribution < -0.4 is 5.84 Å². The maximum Gasteiger partial charge on any atom is 0.290 e. The molecule has 1 aromatic carbocycles. The summed E-state index contributed by atoms with van der Waals surface area (Å²) in [5, 5.41) is 30.1. The summed E-state index contributed by atoms with van der Waals surface area (Å²) in [5.74, 6) is 6.45. The topological polar surface area (TPSA) is 143 Å². The van der Waals surface area contributed by atoms with Crippen LogP contribution in [0.2, 0.25) is 0 Å². The highest BCUT2D eigenvalue weighted by atomic mass is 32.2. The van der Waals surface area contributed by atoms with Gasteiger partial charge in [-0.15, -0.1) is 10.2 Å². The van der Waals surface area contributed by atoms with Gasteiger partial charge in [-0.3, -0.25) is 20.2 Å². The zero-order valence-electron chi connectivity index (χ0n) is 12.6. The molecule has 122 valence electrons. The number of hydrogen-bond donors (Lipinski definition) is 1. The number of nitro groups is 2. The Balaban J connectivity index is 2.43. The molecule has 0 spiro atoms. The third-order valence-electron chi connectivity index (χ3n) is 2.89. The van der Waals surface area contributed by atoms with E-state index in [-0.39, 0.29) is 26.8 Å². The van der Waals surface area contributed by atoms with Crippen molar-refractivity contribution in [1.29, 1.82) is 0 Å². The highest BCUT2D eigenvalue weighted by Gasteiger charge is 2.26. The number of nitrogens with two attached hydrogens (primary N) is 1. The number of non-ortho nitro benzene ring substituents is 1. The van der Waals surface area contributed by atoms with Crippen molar-refractivity contribution in [3.05, 3.63) is 44.3 Å². The van der Waals surface area contributed by atoms with Crippen LogP contribution in [0.5, 0.6) is 0 Å². The summed E-state index contributed by atoms with van der Waals surface area (Å²) in [6.45, 7) is 5.72.